The summed E-state index contributed by atoms with van der Waals surface area (Å²) in [5, 5.41) is 10.1. The monoisotopic (exact) mass is 278 g/mol. The van der Waals surface area contributed by atoms with Crippen molar-refractivity contribution in [3.63, 3.8) is 0 Å². The maximum atomic E-state index is 10.1. The van der Waals surface area contributed by atoms with Gasteiger partial charge in [-0.1, -0.05) is 19.1 Å². The van der Waals surface area contributed by atoms with Gasteiger partial charge in [-0.15, -0.1) is 0 Å². The van der Waals surface area contributed by atoms with Crippen molar-refractivity contribution >= 4 is 5.69 Å². The maximum absolute atomic E-state index is 10.1. The quantitative estimate of drug-likeness (QED) is 0.679. The maximum Gasteiger partial charge on any atom is 0.142 e. The SMILES string of the molecule is CCCN(CC(O)COc1ccccc1N)CC1CC1. The van der Waals surface area contributed by atoms with Crippen LogP contribution in [0.25, 0.3) is 0 Å². The van der Waals surface area contributed by atoms with Crippen molar-refractivity contribution in [2.75, 3.05) is 32.0 Å². The standard InChI is InChI=1S/C16H26N2O2/c1-2-9-18(10-13-7-8-13)11-14(19)12-20-16-6-4-3-5-15(16)17/h3-6,13-14,19H,2,7-12,17H2,1H3. The fraction of sp³-hybridized carbons (Fsp3) is 0.625. The summed E-state index contributed by atoms with van der Waals surface area (Å²) < 4.78 is 5.60. The number of hydrogen-bond acceptors (Lipinski definition) is 4. The molecule has 0 aliphatic heterocycles. The van der Waals surface area contributed by atoms with Gasteiger partial charge in [-0.3, -0.25) is 0 Å². The Morgan fingerprint density at radius 2 is 2.15 bits per heavy atom. The number of aliphatic hydroxyl groups excluding tert-OH is 1. The van der Waals surface area contributed by atoms with E-state index in [-0.39, 0.29) is 0 Å². The molecule has 2 rings (SSSR count). The summed E-state index contributed by atoms with van der Waals surface area (Å²) in [5.74, 6) is 1.50. The highest BCUT2D eigenvalue weighted by Crippen LogP contribution is 2.29. The van der Waals surface area contributed by atoms with Gasteiger partial charge in [0.1, 0.15) is 18.5 Å². The second kappa shape index (κ2) is 7.50. The normalized spacial score (nSPS) is 16.4. The average Bonchev–Trinajstić information content (AvgIpc) is 3.22. The van der Waals surface area contributed by atoms with E-state index < -0.39 is 6.10 Å². The fourth-order valence-electron chi connectivity index (χ4n) is 2.39. The van der Waals surface area contributed by atoms with Gasteiger partial charge in [0.15, 0.2) is 0 Å². The summed E-state index contributed by atoms with van der Waals surface area (Å²) in [6.07, 6.45) is 3.33. The lowest BCUT2D eigenvalue weighted by molar-refractivity contribution is 0.0668. The molecule has 1 aliphatic rings. The molecule has 112 valence electrons. The van der Waals surface area contributed by atoms with E-state index in [1.807, 2.05) is 18.2 Å². The Bertz CT molecular complexity index is 407. The van der Waals surface area contributed by atoms with Crippen LogP contribution in [0.4, 0.5) is 5.69 Å². The first-order chi connectivity index (χ1) is 9.69. The van der Waals surface area contributed by atoms with Crippen molar-refractivity contribution in [3.05, 3.63) is 24.3 Å². The summed E-state index contributed by atoms with van der Waals surface area (Å²) in [6, 6.07) is 7.39. The summed E-state index contributed by atoms with van der Waals surface area (Å²) in [4.78, 5) is 2.35. The van der Waals surface area contributed by atoms with Gasteiger partial charge in [0.05, 0.1) is 5.69 Å². The first-order valence-corrected chi connectivity index (χ1v) is 7.56. The van der Waals surface area contributed by atoms with Crippen molar-refractivity contribution in [1.29, 1.82) is 0 Å². The van der Waals surface area contributed by atoms with Gasteiger partial charge in [-0.05, 0) is 43.9 Å². The molecule has 0 radical (unpaired) electrons. The molecule has 20 heavy (non-hydrogen) atoms. The molecule has 0 heterocycles. The number of hydrogen-bond donors (Lipinski definition) is 2. The smallest absolute Gasteiger partial charge is 0.142 e. The molecule has 1 aromatic rings. The predicted octanol–water partition coefficient (Wildman–Crippen LogP) is 2.13. The van der Waals surface area contributed by atoms with E-state index in [1.54, 1.807) is 6.07 Å². The number of aliphatic hydroxyl groups is 1. The van der Waals surface area contributed by atoms with Crippen LogP contribution in [0.2, 0.25) is 0 Å². The third kappa shape index (κ3) is 5.02. The second-order valence-corrected chi connectivity index (χ2v) is 5.71. The van der Waals surface area contributed by atoms with E-state index in [0.29, 0.717) is 24.6 Å². The molecule has 0 saturated heterocycles. The van der Waals surface area contributed by atoms with Gasteiger partial charge in [0, 0.05) is 13.1 Å². The van der Waals surface area contributed by atoms with Crippen LogP contribution >= 0.6 is 0 Å². The molecule has 0 aromatic heterocycles. The van der Waals surface area contributed by atoms with E-state index in [0.717, 1.165) is 25.4 Å². The van der Waals surface area contributed by atoms with Crippen LogP contribution in [0.1, 0.15) is 26.2 Å². The Hall–Kier alpha value is -1.26. The Morgan fingerprint density at radius 1 is 1.40 bits per heavy atom. The number of rotatable bonds is 9. The van der Waals surface area contributed by atoms with Crippen LogP contribution in [0.15, 0.2) is 24.3 Å². The topological polar surface area (TPSA) is 58.7 Å². The van der Waals surface area contributed by atoms with Crippen LogP contribution < -0.4 is 10.5 Å². The van der Waals surface area contributed by atoms with Crippen molar-refractivity contribution < 1.29 is 9.84 Å². The van der Waals surface area contributed by atoms with Crippen LogP contribution in [0.3, 0.4) is 0 Å². The van der Waals surface area contributed by atoms with Crippen LogP contribution in [0.5, 0.6) is 5.75 Å². The number of benzene rings is 1. The van der Waals surface area contributed by atoms with E-state index >= 15 is 0 Å². The minimum Gasteiger partial charge on any atom is -0.489 e. The lowest BCUT2D eigenvalue weighted by Crippen LogP contribution is -2.37. The lowest BCUT2D eigenvalue weighted by atomic mass is 10.2. The minimum absolute atomic E-state index is 0.291. The van der Waals surface area contributed by atoms with Gasteiger partial charge in [0.2, 0.25) is 0 Å². The average molecular weight is 278 g/mol. The summed E-state index contributed by atoms with van der Waals surface area (Å²) in [6.45, 7) is 5.29. The minimum atomic E-state index is -0.472. The Morgan fingerprint density at radius 3 is 2.80 bits per heavy atom. The van der Waals surface area contributed by atoms with Crippen molar-refractivity contribution in [3.8, 4) is 5.75 Å². The van der Waals surface area contributed by atoms with E-state index in [9.17, 15) is 5.11 Å². The second-order valence-electron chi connectivity index (χ2n) is 5.71. The number of nitrogen functional groups attached to an aromatic ring is 1. The highest BCUT2D eigenvalue weighted by Gasteiger charge is 2.25. The highest BCUT2D eigenvalue weighted by molar-refractivity contribution is 5.51. The molecule has 0 bridgehead atoms. The molecule has 1 fully saturated rings. The molecule has 3 N–H and O–H groups in total. The van der Waals surface area contributed by atoms with E-state index in [2.05, 4.69) is 11.8 Å². The van der Waals surface area contributed by atoms with Crippen LogP contribution in [0, 0.1) is 5.92 Å². The van der Waals surface area contributed by atoms with Gasteiger partial charge < -0.3 is 20.5 Å². The first-order valence-electron chi connectivity index (χ1n) is 7.56. The summed E-state index contributed by atoms with van der Waals surface area (Å²) in [7, 11) is 0. The molecule has 1 atom stereocenters. The number of nitrogens with two attached hydrogens (primary N) is 1. The molecule has 1 saturated carbocycles. The molecule has 0 amide bonds. The van der Waals surface area contributed by atoms with Crippen LogP contribution in [-0.4, -0.2) is 42.4 Å². The zero-order valence-corrected chi connectivity index (χ0v) is 12.3. The molecule has 1 aliphatic carbocycles. The Kier molecular flexibility index (Phi) is 5.68. The molecule has 4 nitrogen and oxygen atoms in total. The van der Waals surface area contributed by atoms with Crippen molar-refractivity contribution in [2.45, 2.75) is 32.3 Å². The summed E-state index contributed by atoms with van der Waals surface area (Å²) >= 11 is 0. The first kappa shape index (κ1) is 15.1. The molecular formula is C16H26N2O2. The predicted molar refractivity (Wildman–Crippen MR) is 81.8 cm³/mol. The number of nitrogens with zero attached hydrogens (tertiary/aromatic N) is 1. The van der Waals surface area contributed by atoms with Gasteiger partial charge in [-0.2, -0.15) is 0 Å². The Balaban J connectivity index is 1.75. The number of para-hydroxylation sites is 2. The lowest BCUT2D eigenvalue weighted by Gasteiger charge is -2.24. The summed E-state index contributed by atoms with van der Waals surface area (Å²) in [5.41, 5.74) is 6.43. The van der Waals surface area contributed by atoms with E-state index in [1.165, 1.54) is 12.8 Å². The van der Waals surface area contributed by atoms with Crippen molar-refractivity contribution in [1.82, 2.24) is 4.90 Å². The zero-order chi connectivity index (χ0) is 14.4. The number of anilines is 1. The van der Waals surface area contributed by atoms with Gasteiger partial charge in [-0.25, -0.2) is 0 Å². The molecule has 1 aromatic carbocycles. The molecule has 4 heteroatoms. The van der Waals surface area contributed by atoms with Crippen LogP contribution in [-0.2, 0) is 0 Å². The molecular weight excluding hydrogens is 252 g/mol. The highest BCUT2D eigenvalue weighted by atomic mass is 16.5. The third-order valence-corrected chi connectivity index (χ3v) is 3.57. The molecule has 1 unspecified atom stereocenters. The number of ether oxygens (including phenoxy) is 1. The van der Waals surface area contributed by atoms with Gasteiger partial charge >= 0.3 is 0 Å². The molecule has 0 spiro atoms. The van der Waals surface area contributed by atoms with Gasteiger partial charge in [0.25, 0.3) is 0 Å². The largest absolute Gasteiger partial charge is 0.489 e. The fourth-order valence-corrected chi connectivity index (χ4v) is 2.39. The van der Waals surface area contributed by atoms with Crippen molar-refractivity contribution in [2.24, 2.45) is 5.92 Å². The zero-order valence-electron chi connectivity index (χ0n) is 12.3. The third-order valence-electron chi connectivity index (χ3n) is 3.57. The van der Waals surface area contributed by atoms with E-state index in [4.69, 9.17) is 10.5 Å². The Labute approximate surface area is 121 Å².